The molecule has 0 saturated carbocycles. The highest BCUT2D eigenvalue weighted by molar-refractivity contribution is 7.61. The molecule has 0 spiro atoms. The Morgan fingerprint density at radius 2 is 1.80 bits per heavy atom. The van der Waals surface area contributed by atoms with Crippen molar-refractivity contribution in [2.45, 2.75) is 55.1 Å². The van der Waals surface area contributed by atoms with Crippen LogP contribution in [0.1, 0.15) is 12.6 Å². The molecule has 2 aromatic heterocycles. The van der Waals surface area contributed by atoms with E-state index in [1.807, 2.05) is 0 Å². The van der Waals surface area contributed by atoms with Crippen LogP contribution in [0, 0.1) is 0 Å². The number of azide groups is 1. The fourth-order valence-corrected chi connectivity index (χ4v) is 7.78. The molecule has 5 rings (SSSR count). The summed E-state index contributed by atoms with van der Waals surface area (Å²) in [7, 11) is -16.8. The van der Waals surface area contributed by atoms with Crippen molar-refractivity contribution in [3.63, 3.8) is 0 Å². The average molecular weight is 786 g/mol. The van der Waals surface area contributed by atoms with Gasteiger partial charge in [0.25, 0.3) is 0 Å². The highest BCUT2D eigenvalue weighted by Crippen LogP contribution is 2.61. The molecule has 1 amide bonds. The van der Waals surface area contributed by atoms with Crippen molar-refractivity contribution in [2.75, 3.05) is 18.9 Å². The molecule has 10 atom stereocenters. The zero-order valence-corrected chi connectivity index (χ0v) is 28.0. The lowest BCUT2D eigenvalue weighted by atomic mass is 10.1. The average Bonchev–Trinajstić information content (AvgIpc) is 3.68. The van der Waals surface area contributed by atoms with E-state index in [9.17, 15) is 58.9 Å². The van der Waals surface area contributed by atoms with Crippen LogP contribution in [-0.4, -0.2) is 121 Å². The number of imidazole rings is 1. The molecule has 0 aromatic carbocycles. The second-order valence-corrected chi connectivity index (χ2v) is 15.1. The number of aromatic nitrogens is 4. The number of anilines is 1. The van der Waals surface area contributed by atoms with Gasteiger partial charge >= 0.3 is 23.5 Å². The summed E-state index contributed by atoms with van der Waals surface area (Å²) < 4.78 is 67.5. The van der Waals surface area contributed by atoms with E-state index in [1.54, 1.807) is 0 Å². The number of phosphoric acid groups is 3. The van der Waals surface area contributed by atoms with Gasteiger partial charge in [0, 0.05) is 22.9 Å². The van der Waals surface area contributed by atoms with Gasteiger partial charge in [0.2, 0.25) is 11.6 Å². The molecule has 5 heterocycles. The molecular weight excluding hydrogens is 757 g/mol. The number of hydrogen-bond acceptors (Lipinski definition) is 19. The molecule has 280 valence electrons. The molecule has 2 unspecified atom stereocenters. The van der Waals surface area contributed by atoms with Crippen molar-refractivity contribution in [1.29, 1.82) is 0 Å². The van der Waals surface area contributed by atoms with Crippen LogP contribution in [0.25, 0.3) is 21.6 Å². The van der Waals surface area contributed by atoms with Crippen LogP contribution < -0.4 is 11.5 Å². The summed E-state index contributed by atoms with van der Waals surface area (Å²) >= 11 is 0. The van der Waals surface area contributed by atoms with Gasteiger partial charge in [-0.3, -0.25) is 22.9 Å². The lowest BCUT2D eigenvalue weighted by Gasteiger charge is -2.28. The van der Waals surface area contributed by atoms with Crippen molar-refractivity contribution < 1.29 is 80.7 Å². The SMILES string of the molecule is [N-]=[N+]=N[C@]1(COP(=O)(O)OP(=O)(O)OC[C@H]2O[C@@H](N3C=CCC(C(N)=O)=C3)[C@H](O)[C@@H]2O)O[C@@H](n2cnc3c(N)ncnc32)[C@H](OP(=O)(O)O)[C@H]1O. The number of amides is 1. The van der Waals surface area contributed by atoms with Gasteiger partial charge in [-0.15, -0.1) is 0 Å². The zero-order valence-electron chi connectivity index (χ0n) is 25.3. The number of carbonyl (C=O) groups is 1. The Morgan fingerprint density at radius 3 is 2.47 bits per heavy atom. The van der Waals surface area contributed by atoms with E-state index in [4.69, 9.17) is 20.9 Å². The first-order valence-electron chi connectivity index (χ1n) is 14.0. The fraction of sp³-hybridized carbons (Fsp3) is 0.524. The molecule has 2 fully saturated rings. The minimum atomic E-state index is -5.77. The Balaban J connectivity index is 1.28. The summed E-state index contributed by atoms with van der Waals surface area (Å²) in [6.45, 7) is -2.51. The first-order valence-corrected chi connectivity index (χ1v) is 18.5. The Labute approximate surface area is 283 Å². The number of ether oxygens (including phenoxy) is 2. The largest absolute Gasteiger partial charge is 0.481 e. The number of nitrogen functional groups attached to an aromatic ring is 1. The predicted molar refractivity (Wildman–Crippen MR) is 161 cm³/mol. The van der Waals surface area contributed by atoms with Crippen LogP contribution in [0.15, 0.2) is 41.8 Å². The number of primary amides is 1. The third-order valence-electron chi connectivity index (χ3n) is 7.42. The first-order chi connectivity index (χ1) is 23.8. The van der Waals surface area contributed by atoms with Crippen molar-refractivity contribution in [3.05, 3.63) is 47.1 Å². The number of fused-ring (bicyclic) bond motifs is 1. The third-order valence-corrected chi connectivity index (χ3v) is 10.5. The minimum absolute atomic E-state index is 0.0343. The molecule has 11 N–H and O–H groups in total. The molecule has 30 heteroatoms. The Kier molecular flexibility index (Phi) is 11.1. The number of aliphatic hydroxyl groups is 3. The van der Waals surface area contributed by atoms with Gasteiger partial charge in [-0.05, 0) is 12.0 Å². The number of carbonyl (C=O) groups excluding carboxylic acids is 1. The van der Waals surface area contributed by atoms with Gasteiger partial charge in [-0.1, -0.05) is 11.2 Å². The maximum atomic E-state index is 12.8. The standard InChI is InChI=1S/C21H29N10O17P3/c22-16-11-18(26-7-25-16)31(8-27-11)20-14(47-49(36,37)38)15(34)21(46-20,28-29-24)6-44-51(41,42)48-50(39,40)43-5-10-12(32)13(33)19(45-10)30-3-1-2-9(4-30)17(23)35/h1,3-4,7-8,10,12-15,19-20,32-34H,2,5-6H2,(H2,23,35)(H,39,40)(H,41,42)(H2,22,25,26)(H2,36,37,38)/t10-,12-,13-,14-,15-,19-,20-,21-/m1/s1. The summed E-state index contributed by atoms with van der Waals surface area (Å²) in [5, 5.41) is 35.2. The quantitative estimate of drug-likeness (QED) is 0.0435. The smallest absolute Gasteiger partial charge is 0.387 e. The predicted octanol–water partition coefficient (Wildman–Crippen LogP) is -1.93. The third kappa shape index (κ3) is 8.46. The second kappa shape index (κ2) is 14.5. The summed E-state index contributed by atoms with van der Waals surface area (Å²) in [4.78, 5) is 66.3. The van der Waals surface area contributed by atoms with Crippen molar-refractivity contribution in [2.24, 2.45) is 10.8 Å². The number of allylic oxidation sites excluding steroid dienone is 1. The van der Waals surface area contributed by atoms with Gasteiger partial charge in [0.1, 0.15) is 42.4 Å². The Morgan fingerprint density at radius 1 is 1.10 bits per heavy atom. The number of phosphoric ester groups is 3. The van der Waals surface area contributed by atoms with Crippen LogP contribution >= 0.6 is 23.5 Å². The molecule has 27 nitrogen and oxygen atoms in total. The van der Waals surface area contributed by atoms with Crippen molar-refractivity contribution in [3.8, 4) is 0 Å². The number of hydrogen-bond donors (Lipinski definition) is 9. The number of nitrogens with zero attached hydrogens (tertiary/aromatic N) is 8. The molecule has 2 aromatic rings. The van der Waals surface area contributed by atoms with Gasteiger partial charge in [-0.2, -0.15) is 4.31 Å². The van der Waals surface area contributed by atoms with E-state index in [0.717, 1.165) is 17.2 Å². The van der Waals surface area contributed by atoms with E-state index >= 15 is 0 Å². The number of aliphatic hydroxyl groups excluding tert-OH is 3. The Hall–Kier alpha value is -3.42. The topological polar surface area (TPSA) is 413 Å². The molecule has 3 aliphatic heterocycles. The number of rotatable bonds is 14. The number of nitrogens with two attached hydrogens (primary N) is 2. The summed E-state index contributed by atoms with van der Waals surface area (Å²) in [6, 6.07) is 0. The van der Waals surface area contributed by atoms with Crippen LogP contribution in [0.3, 0.4) is 0 Å². The molecule has 0 aliphatic carbocycles. The molecule has 3 aliphatic rings. The maximum absolute atomic E-state index is 12.8. The normalized spacial score (nSPS) is 31.9. The first kappa shape index (κ1) is 38.8. The minimum Gasteiger partial charge on any atom is -0.387 e. The lowest BCUT2D eigenvalue weighted by Crippen LogP contribution is -2.45. The van der Waals surface area contributed by atoms with Crippen molar-refractivity contribution >= 4 is 46.4 Å². The lowest BCUT2D eigenvalue weighted by molar-refractivity contribution is -0.121. The monoisotopic (exact) mass is 786 g/mol. The zero-order chi connectivity index (χ0) is 37.5. The van der Waals surface area contributed by atoms with E-state index in [1.165, 1.54) is 23.4 Å². The Bertz CT molecular complexity index is 1920. The van der Waals surface area contributed by atoms with Crippen LogP contribution in [0.4, 0.5) is 5.82 Å². The molecule has 0 bridgehead atoms. The van der Waals surface area contributed by atoms with E-state index in [-0.39, 0.29) is 29.0 Å². The maximum Gasteiger partial charge on any atom is 0.481 e. The van der Waals surface area contributed by atoms with E-state index < -0.39 is 91.3 Å². The van der Waals surface area contributed by atoms with Crippen molar-refractivity contribution in [1.82, 2.24) is 24.4 Å². The summed E-state index contributed by atoms with van der Waals surface area (Å²) in [5.41, 5.74) is 17.4. The van der Waals surface area contributed by atoms with Gasteiger partial charge in [0.15, 0.2) is 23.9 Å². The van der Waals surface area contributed by atoms with Gasteiger partial charge in [0.05, 0.1) is 19.5 Å². The summed E-state index contributed by atoms with van der Waals surface area (Å²) in [5.74, 6) is -0.893. The van der Waals surface area contributed by atoms with Gasteiger partial charge < -0.3 is 60.7 Å². The van der Waals surface area contributed by atoms with E-state index in [2.05, 4.69) is 42.9 Å². The molecule has 0 radical (unpaired) electrons. The summed E-state index contributed by atoms with van der Waals surface area (Å²) in [6.07, 6.45) is -6.31. The second-order valence-electron chi connectivity index (χ2n) is 10.8. The molecular formula is C21H29N10O17P3. The van der Waals surface area contributed by atoms with E-state index in [0.29, 0.717) is 0 Å². The fourth-order valence-electron chi connectivity index (χ4n) is 5.14. The van der Waals surface area contributed by atoms with Crippen LogP contribution in [-0.2, 0) is 45.8 Å². The van der Waals surface area contributed by atoms with Gasteiger partial charge in [-0.25, -0.2) is 28.6 Å². The highest BCUT2D eigenvalue weighted by atomic mass is 31.3. The molecule has 2 saturated heterocycles. The van der Waals surface area contributed by atoms with Crippen LogP contribution in [0.5, 0.6) is 0 Å². The highest BCUT2D eigenvalue weighted by Gasteiger charge is 2.59. The van der Waals surface area contributed by atoms with Crippen LogP contribution in [0.2, 0.25) is 0 Å². The molecule has 51 heavy (non-hydrogen) atoms.